The Labute approximate surface area is 134 Å². The van der Waals surface area contributed by atoms with E-state index in [-0.39, 0.29) is 11.9 Å². The summed E-state index contributed by atoms with van der Waals surface area (Å²) in [6.45, 7) is 2.56. The summed E-state index contributed by atoms with van der Waals surface area (Å²) in [6, 6.07) is 5.71. The van der Waals surface area contributed by atoms with Gasteiger partial charge in [-0.15, -0.1) is 0 Å². The molecule has 3 heterocycles. The molecule has 1 aromatic heterocycles. The highest BCUT2D eigenvalue weighted by Crippen LogP contribution is 2.33. The normalized spacial score (nSPS) is 20.1. The molecule has 0 radical (unpaired) electrons. The number of aromatic amines is 1. The number of hydrogen-bond acceptors (Lipinski definition) is 3. The molecule has 2 fully saturated rings. The van der Waals surface area contributed by atoms with E-state index in [1.165, 1.54) is 10.9 Å². The molecule has 6 nitrogen and oxygen atoms in total. The monoisotopic (exact) mass is 312 g/mol. The van der Waals surface area contributed by atoms with E-state index in [4.69, 9.17) is 0 Å². The molecule has 6 heteroatoms. The van der Waals surface area contributed by atoms with Crippen molar-refractivity contribution in [2.45, 2.75) is 25.2 Å². The van der Waals surface area contributed by atoms with Gasteiger partial charge in [-0.1, -0.05) is 6.07 Å². The Morgan fingerprint density at radius 2 is 1.96 bits per heavy atom. The van der Waals surface area contributed by atoms with Gasteiger partial charge in [0.15, 0.2) is 0 Å². The van der Waals surface area contributed by atoms with Crippen molar-refractivity contribution in [3.05, 3.63) is 30.0 Å². The predicted octanol–water partition coefficient (Wildman–Crippen LogP) is 2.08. The second-order valence-electron chi connectivity index (χ2n) is 6.25. The van der Waals surface area contributed by atoms with Crippen molar-refractivity contribution in [3.8, 4) is 0 Å². The van der Waals surface area contributed by atoms with Crippen LogP contribution in [0.25, 0.3) is 10.9 Å². The Morgan fingerprint density at radius 3 is 2.74 bits per heavy atom. The van der Waals surface area contributed by atoms with Gasteiger partial charge in [0.1, 0.15) is 0 Å². The van der Waals surface area contributed by atoms with Crippen LogP contribution in [-0.2, 0) is 4.79 Å². The van der Waals surface area contributed by atoms with Crippen LogP contribution in [0.3, 0.4) is 0 Å². The summed E-state index contributed by atoms with van der Waals surface area (Å²) in [6.07, 6.45) is 4.76. The number of carbonyl (C=O) groups is 2. The Kier molecular flexibility index (Phi) is 3.53. The van der Waals surface area contributed by atoms with Gasteiger partial charge in [-0.05, 0) is 49.5 Å². The molecule has 0 aliphatic carbocycles. The van der Waals surface area contributed by atoms with Gasteiger partial charge in [0, 0.05) is 35.8 Å². The fourth-order valence-electron chi connectivity index (χ4n) is 3.59. The topological polar surface area (TPSA) is 77.2 Å². The van der Waals surface area contributed by atoms with Gasteiger partial charge < -0.3 is 10.3 Å². The summed E-state index contributed by atoms with van der Waals surface area (Å²) in [5.74, 6) is 0.382. The van der Waals surface area contributed by atoms with Crippen LogP contribution in [0.2, 0.25) is 0 Å². The number of urea groups is 1. The molecule has 1 aromatic carbocycles. The number of H-pyrrole nitrogens is 1. The number of hydrogen-bond donors (Lipinski definition) is 3. The highest BCUT2D eigenvalue weighted by atomic mass is 16.2. The highest BCUT2D eigenvalue weighted by molar-refractivity contribution is 6.06. The first kappa shape index (κ1) is 14.3. The molecule has 2 aliphatic heterocycles. The molecule has 23 heavy (non-hydrogen) atoms. The van der Waals surface area contributed by atoms with Gasteiger partial charge in [-0.2, -0.15) is 0 Å². The summed E-state index contributed by atoms with van der Waals surface area (Å²) in [5, 5.41) is 6.99. The van der Waals surface area contributed by atoms with E-state index in [0.717, 1.165) is 37.1 Å². The highest BCUT2D eigenvalue weighted by Gasteiger charge is 2.25. The molecular weight excluding hydrogens is 292 g/mol. The van der Waals surface area contributed by atoms with Gasteiger partial charge in [-0.25, -0.2) is 4.79 Å². The van der Waals surface area contributed by atoms with Crippen molar-refractivity contribution < 1.29 is 9.59 Å². The number of imide groups is 1. The first-order valence-corrected chi connectivity index (χ1v) is 8.15. The number of nitrogens with zero attached hydrogens (tertiary/aromatic N) is 1. The molecule has 2 aliphatic rings. The number of anilines is 1. The Balaban J connectivity index is 1.64. The minimum Gasteiger partial charge on any atom is -0.361 e. The summed E-state index contributed by atoms with van der Waals surface area (Å²) in [7, 11) is 0. The zero-order valence-corrected chi connectivity index (χ0v) is 12.9. The molecule has 0 unspecified atom stereocenters. The van der Waals surface area contributed by atoms with Crippen molar-refractivity contribution >= 4 is 28.5 Å². The lowest BCUT2D eigenvalue weighted by Crippen LogP contribution is -2.49. The maximum Gasteiger partial charge on any atom is 0.328 e. The molecule has 2 aromatic rings. The van der Waals surface area contributed by atoms with Gasteiger partial charge in [-0.3, -0.25) is 15.0 Å². The van der Waals surface area contributed by atoms with Crippen LogP contribution in [0, 0.1) is 0 Å². The van der Waals surface area contributed by atoms with E-state index >= 15 is 0 Å². The zero-order valence-electron chi connectivity index (χ0n) is 12.9. The summed E-state index contributed by atoms with van der Waals surface area (Å²) in [5.41, 5.74) is 3.23. The van der Waals surface area contributed by atoms with Crippen molar-refractivity contribution in [1.82, 2.24) is 15.6 Å². The number of aromatic nitrogens is 1. The Morgan fingerprint density at radius 1 is 1.13 bits per heavy atom. The summed E-state index contributed by atoms with van der Waals surface area (Å²) >= 11 is 0. The van der Waals surface area contributed by atoms with Crippen molar-refractivity contribution in [2.75, 3.05) is 24.5 Å². The predicted molar refractivity (Wildman–Crippen MR) is 88.6 cm³/mol. The minimum atomic E-state index is -0.342. The third-order valence-corrected chi connectivity index (χ3v) is 4.84. The molecule has 0 atom stereocenters. The maximum absolute atomic E-state index is 12.0. The van der Waals surface area contributed by atoms with E-state index < -0.39 is 0 Å². The number of carbonyl (C=O) groups excluding carboxylic acids is 2. The van der Waals surface area contributed by atoms with Crippen molar-refractivity contribution in [3.63, 3.8) is 0 Å². The largest absolute Gasteiger partial charge is 0.361 e. The van der Waals surface area contributed by atoms with Crippen LogP contribution < -0.4 is 15.5 Å². The van der Waals surface area contributed by atoms with Gasteiger partial charge in [0.05, 0.1) is 0 Å². The van der Waals surface area contributed by atoms with Gasteiger partial charge in [0.25, 0.3) is 0 Å². The van der Waals surface area contributed by atoms with E-state index in [9.17, 15) is 9.59 Å². The van der Waals surface area contributed by atoms with Crippen molar-refractivity contribution in [2.24, 2.45) is 0 Å². The second kappa shape index (κ2) is 5.70. The lowest BCUT2D eigenvalue weighted by Gasteiger charge is -2.26. The van der Waals surface area contributed by atoms with Crippen LogP contribution >= 0.6 is 0 Å². The van der Waals surface area contributed by atoms with Crippen LogP contribution in [0.15, 0.2) is 24.4 Å². The molecule has 3 N–H and O–H groups in total. The van der Waals surface area contributed by atoms with Gasteiger partial charge in [0.2, 0.25) is 5.91 Å². The molecule has 0 spiro atoms. The third-order valence-electron chi connectivity index (χ3n) is 4.84. The maximum atomic E-state index is 12.0. The molecular formula is C17H20N4O2. The standard InChI is InChI=1S/C17H20N4O2/c22-16-5-8-21(17(23)20-16)12-1-2-13-14(10-19-15(13)9-12)11-3-6-18-7-4-11/h1-2,9-11,18-19H,3-8H2,(H,20,22,23). The van der Waals surface area contributed by atoms with Crippen LogP contribution in [-0.4, -0.2) is 36.6 Å². The van der Waals surface area contributed by atoms with Gasteiger partial charge >= 0.3 is 6.03 Å². The zero-order chi connectivity index (χ0) is 15.8. The van der Waals surface area contributed by atoms with E-state index in [0.29, 0.717) is 18.9 Å². The number of nitrogens with one attached hydrogen (secondary N) is 3. The minimum absolute atomic E-state index is 0.208. The Bertz CT molecular complexity index is 761. The van der Waals surface area contributed by atoms with Crippen molar-refractivity contribution in [1.29, 1.82) is 0 Å². The molecule has 2 saturated heterocycles. The summed E-state index contributed by atoms with van der Waals surface area (Å²) in [4.78, 5) is 28.2. The third kappa shape index (κ3) is 2.59. The number of fused-ring (bicyclic) bond motifs is 1. The second-order valence-corrected chi connectivity index (χ2v) is 6.25. The first-order valence-electron chi connectivity index (χ1n) is 8.15. The quantitative estimate of drug-likeness (QED) is 0.794. The van der Waals surface area contributed by atoms with Crippen LogP contribution in [0.5, 0.6) is 0 Å². The number of benzene rings is 1. The molecule has 120 valence electrons. The lowest BCUT2D eigenvalue weighted by molar-refractivity contribution is -0.120. The molecule has 0 saturated carbocycles. The smallest absolute Gasteiger partial charge is 0.328 e. The average Bonchev–Trinajstić information content (AvgIpc) is 2.99. The number of piperidine rings is 1. The van der Waals surface area contributed by atoms with E-state index in [2.05, 4.69) is 27.9 Å². The van der Waals surface area contributed by atoms with Crippen LogP contribution in [0.1, 0.15) is 30.7 Å². The number of amides is 3. The van der Waals surface area contributed by atoms with E-state index in [1.54, 1.807) is 4.90 Å². The van der Waals surface area contributed by atoms with Crippen LogP contribution in [0.4, 0.5) is 10.5 Å². The average molecular weight is 312 g/mol. The lowest BCUT2D eigenvalue weighted by atomic mass is 9.90. The molecule has 3 amide bonds. The fraction of sp³-hybridized carbons (Fsp3) is 0.412. The first-order chi connectivity index (χ1) is 11.2. The fourth-order valence-corrected chi connectivity index (χ4v) is 3.59. The molecule has 4 rings (SSSR count). The molecule has 0 bridgehead atoms. The van der Waals surface area contributed by atoms with E-state index in [1.807, 2.05) is 12.1 Å². The number of rotatable bonds is 2. The Hall–Kier alpha value is -2.34. The summed E-state index contributed by atoms with van der Waals surface area (Å²) < 4.78 is 0. The SMILES string of the molecule is O=C1CCN(c2ccc3c(C4CCNCC4)c[nH]c3c2)C(=O)N1.